The van der Waals surface area contributed by atoms with Gasteiger partial charge in [-0.25, -0.2) is 4.98 Å². The van der Waals surface area contributed by atoms with Crippen LogP contribution in [-0.2, 0) is 11.2 Å². The Bertz CT molecular complexity index is 1070. The van der Waals surface area contributed by atoms with Crippen LogP contribution in [0.2, 0.25) is 0 Å². The molecule has 0 radical (unpaired) electrons. The molecule has 2 atom stereocenters. The number of anilines is 2. The zero-order chi connectivity index (χ0) is 25.9. The number of H-pyrrole nitrogens is 1. The molecule has 2 aromatic heterocycles. The van der Waals surface area contributed by atoms with Gasteiger partial charge in [-0.3, -0.25) is 9.59 Å². The molecule has 3 heterocycles. The molecule has 0 spiro atoms. The fraction of sp³-hybridized carbons (Fsp3) is 0.593. The van der Waals surface area contributed by atoms with E-state index in [1.54, 1.807) is 6.20 Å². The number of hydrogen-bond acceptors (Lipinski definition) is 6. The summed E-state index contributed by atoms with van der Waals surface area (Å²) in [5, 5.41) is 19.9. The van der Waals surface area contributed by atoms with Crippen molar-refractivity contribution in [1.82, 2.24) is 20.6 Å². The number of aliphatic hydroxyl groups is 1. The van der Waals surface area contributed by atoms with Crippen molar-refractivity contribution < 1.29 is 14.7 Å². The number of aliphatic hydroxyl groups excluding tert-OH is 1. The first-order chi connectivity index (χ1) is 17.2. The van der Waals surface area contributed by atoms with Gasteiger partial charge in [0.05, 0.1) is 18.0 Å². The summed E-state index contributed by atoms with van der Waals surface area (Å²) >= 11 is 0. The molecule has 1 fully saturated rings. The monoisotopic (exact) mass is 496 g/mol. The van der Waals surface area contributed by atoms with Gasteiger partial charge in [-0.2, -0.15) is 0 Å². The zero-order valence-electron chi connectivity index (χ0n) is 21.9. The summed E-state index contributed by atoms with van der Waals surface area (Å²) in [4.78, 5) is 36.4. The van der Waals surface area contributed by atoms with Crippen LogP contribution in [0.4, 0.5) is 11.5 Å². The van der Waals surface area contributed by atoms with Gasteiger partial charge in [0.1, 0.15) is 17.6 Å². The van der Waals surface area contributed by atoms with Crippen LogP contribution in [0, 0.1) is 12.3 Å². The van der Waals surface area contributed by atoms with E-state index in [4.69, 9.17) is 0 Å². The summed E-state index contributed by atoms with van der Waals surface area (Å²) in [5.74, 6) is 0.306. The molecule has 1 aliphatic carbocycles. The van der Waals surface area contributed by atoms with Gasteiger partial charge in [0.25, 0.3) is 5.91 Å². The Morgan fingerprint density at radius 2 is 2.03 bits per heavy atom. The van der Waals surface area contributed by atoms with E-state index in [2.05, 4.69) is 51.6 Å². The quantitative estimate of drug-likeness (QED) is 0.383. The van der Waals surface area contributed by atoms with Crippen molar-refractivity contribution in [3.63, 3.8) is 0 Å². The summed E-state index contributed by atoms with van der Waals surface area (Å²) in [6.07, 6.45) is 4.75. The summed E-state index contributed by atoms with van der Waals surface area (Å²) < 4.78 is 0. The van der Waals surface area contributed by atoms with Crippen molar-refractivity contribution in [2.24, 2.45) is 5.41 Å². The Morgan fingerprint density at radius 1 is 1.28 bits per heavy atom. The number of aromatic amines is 1. The first-order valence-electron chi connectivity index (χ1n) is 13.1. The summed E-state index contributed by atoms with van der Waals surface area (Å²) in [6, 6.07) is 3.10. The number of nitrogens with zero attached hydrogens (tertiary/aromatic N) is 2. The van der Waals surface area contributed by atoms with E-state index in [0.717, 1.165) is 68.1 Å². The molecule has 2 aliphatic rings. The number of nitrogens with one attached hydrogen (secondary N) is 4. The lowest BCUT2D eigenvalue weighted by molar-refractivity contribution is -0.118. The lowest BCUT2D eigenvalue weighted by Crippen LogP contribution is -2.44. The molecule has 9 heteroatoms. The minimum absolute atomic E-state index is 0.0462. The highest BCUT2D eigenvalue weighted by atomic mass is 16.3. The van der Waals surface area contributed by atoms with Crippen LogP contribution in [0.5, 0.6) is 0 Å². The Kier molecular flexibility index (Phi) is 8.00. The van der Waals surface area contributed by atoms with Crippen LogP contribution in [0.3, 0.4) is 0 Å². The number of aromatic nitrogens is 2. The van der Waals surface area contributed by atoms with Gasteiger partial charge in [-0.15, -0.1) is 0 Å². The average molecular weight is 497 g/mol. The minimum Gasteiger partial charge on any atom is -0.388 e. The van der Waals surface area contributed by atoms with E-state index >= 15 is 0 Å². The smallest absolute Gasteiger partial charge is 0.268 e. The predicted molar refractivity (Wildman–Crippen MR) is 141 cm³/mol. The highest BCUT2D eigenvalue weighted by molar-refractivity contribution is 6.01. The lowest BCUT2D eigenvalue weighted by atomic mass is 9.75. The van der Waals surface area contributed by atoms with Crippen LogP contribution >= 0.6 is 0 Å². The highest BCUT2D eigenvalue weighted by Crippen LogP contribution is 2.42. The van der Waals surface area contributed by atoms with E-state index in [-0.39, 0.29) is 17.2 Å². The van der Waals surface area contributed by atoms with Crippen LogP contribution in [0.25, 0.3) is 0 Å². The number of fused-ring (bicyclic) bond motifs is 1. The highest BCUT2D eigenvalue weighted by Gasteiger charge is 2.36. The third kappa shape index (κ3) is 5.90. The Labute approximate surface area is 213 Å². The minimum atomic E-state index is -0.675. The molecule has 0 bridgehead atoms. The van der Waals surface area contributed by atoms with Crippen LogP contribution < -0.4 is 20.9 Å². The Balaban J connectivity index is 1.45. The van der Waals surface area contributed by atoms with Crippen molar-refractivity contribution >= 4 is 23.3 Å². The normalized spacial score (nSPS) is 19.9. The van der Waals surface area contributed by atoms with Gasteiger partial charge in [0, 0.05) is 37.4 Å². The molecule has 2 aromatic rings. The number of carbonyl (C=O) groups excluding carboxylic acids is 2. The van der Waals surface area contributed by atoms with Crippen LogP contribution in [0.1, 0.15) is 79.9 Å². The van der Waals surface area contributed by atoms with E-state index in [1.165, 1.54) is 0 Å². The molecule has 2 amide bonds. The number of piperazine rings is 1. The molecule has 196 valence electrons. The molecular weight excluding hydrogens is 456 g/mol. The van der Waals surface area contributed by atoms with Crippen molar-refractivity contribution in [3.05, 3.63) is 40.8 Å². The Hall–Kier alpha value is -2.91. The lowest BCUT2D eigenvalue weighted by Gasteiger charge is -2.33. The molecule has 2 unspecified atom stereocenters. The number of rotatable bonds is 8. The summed E-state index contributed by atoms with van der Waals surface area (Å²) in [7, 11) is 0. The van der Waals surface area contributed by atoms with Gasteiger partial charge in [0.15, 0.2) is 0 Å². The molecule has 0 aromatic carbocycles. The van der Waals surface area contributed by atoms with E-state index in [1.807, 2.05) is 19.1 Å². The van der Waals surface area contributed by atoms with E-state index in [9.17, 15) is 14.7 Å². The maximum absolute atomic E-state index is 13.3. The zero-order valence-corrected chi connectivity index (χ0v) is 21.9. The average Bonchev–Trinajstić information content (AvgIpc) is 3.17. The summed E-state index contributed by atoms with van der Waals surface area (Å²) in [5.41, 5.74) is 3.47. The maximum atomic E-state index is 13.3. The largest absolute Gasteiger partial charge is 0.388 e. The van der Waals surface area contributed by atoms with Gasteiger partial charge >= 0.3 is 0 Å². The van der Waals surface area contributed by atoms with Crippen molar-refractivity contribution in [2.45, 2.75) is 71.9 Å². The third-order valence-electron chi connectivity index (χ3n) is 7.27. The second-order valence-corrected chi connectivity index (χ2v) is 10.9. The van der Waals surface area contributed by atoms with Crippen molar-refractivity contribution in [3.8, 4) is 0 Å². The molecule has 36 heavy (non-hydrogen) atoms. The number of carbonyl (C=O) groups is 2. The second kappa shape index (κ2) is 11.0. The van der Waals surface area contributed by atoms with Gasteiger partial charge in [-0.1, -0.05) is 33.6 Å². The molecular formula is C27H40N6O3. The fourth-order valence-electron chi connectivity index (χ4n) is 5.34. The van der Waals surface area contributed by atoms with Crippen LogP contribution in [0.15, 0.2) is 18.3 Å². The standard InChI is InChI=1S/C27H40N6O3/c1-5-6-7-19(25(35)30-18-8-9-22(29-16-18)33-12-10-28-11-13-33)32-26(36)24-17(2)23-20(31-24)14-27(3,4)15-21(23)34/h8-9,16,19,21,28,31,34H,5-7,10-15H2,1-4H3,(H,30,35)(H,32,36). The Morgan fingerprint density at radius 3 is 2.69 bits per heavy atom. The van der Waals surface area contributed by atoms with Crippen LogP contribution in [-0.4, -0.2) is 59.1 Å². The first-order valence-corrected chi connectivity index (χ1v) is 13.1. The molecule has 9 nitrogen and oxygen atoms in total. The first kappa shape index (κ1) is 26.2. The summed E-state index contributed by atoms with van der Waals surface area (Å²) in [6.45, 7) is 11.8. The topological polar surface area (TPSA) is 122 Å². The molecule has 1 aliphatic heterocycles. The van der Waals surface area contributed by atoms with Gasteiger partial charge in [-0.05, 0) is 49.3 Å². The fourth-order valence-corrected chi connectivity index (χ4v) is 5.34. The molecule has 4 rings (SSSR count). The maximum Gasteiger partial charge on any atom is 0.268 e. The van der Waals surface area contributed by atoms with E-state index in [0.29, 0.717) is 24.2 Å². The number of amides is 2. The van der Waals surface area contributed by atoms with Gasteiger partial charge < -0.3 is 30.9 Å². The van der Waals surface area contributed by atoms with E-state index < -0.39 is 12.1 Å². The van der Waals surface area contributed by atoms with Gasteiger partial charge in [0.2, 0.25) is 5.91 Å². The molecule has 1 saturated heterocycles. The number of pyridine rings is 1. The SMILES string of the molecule is CCCCC(NC(=O)c1[nH]c2c(c1C)C(O)CC(C)(C)C2)C(=O)Nc1ccc(N2CCNCC2)nc1. The number of hydrogen-bond donors (Lipinski definition) is 5. The molecule has 5 N–H and O–H groups in total. The predicted octanol–water partition coefficient (Wildman–Crippen LogP) is 3.06. The van der Waals surface area contributed by atoms with Crippen molar-refractivity contribution in [1.29, 1.82) is 0 Å². The second-order valence-electron chi connectivity index (χ2n) is 10.9. The number of unbranched alkanes of at least 4 members (excludes halogenated alkanes) is 1. The third-order valence-corrected chi connectivity index (χ3v) is 7.27. The molecule has 0 saturated carbocycles. The van der Waals surface area contributed by atoms with Crippen molar-refractivity contribution in [2.75, 3.05) is 36.4 Å².